The number of alkyl halides is 3. The van der Waals surface area contributed by atoms with Gasteiger partial charge in [-0.1, -0.05) is 19.8 Å². The van der Waals surface area contributed by atoms with Gasteiger partial charge in [-0.25, -0.2) is 4.98 Å². The number of hydrogen-bond donors (Lipinski definition) is 1. The molecular formula is C15H24F3N3. The van der Waals surface area contributed by atoms with Gasteiger partial charge in [-0.3, -0.25) is 0 Å². The van der Waals surface area contributed by atoms with Crippen molar-refractivity contribution in [3.8, 4) is 0 Å². The Kier molecular flexibility index (Phi) is 5.30. The minimum Gasteiger partial charge on any atom is -0.334 e. The van der Waals surface area contributed by atoms with E-state index in [0.717, 1.165) is 18.8 Å². The van der Waals surface area contributed by atoms with E-state index in [0.29, 0.717) is 19.4 Å². The van der Waals surface area contributed by atoms with Gasteiger partial charge >= 0.3 is 6.18 Å². The molecule has 0 spiro atoms. The average molecular weight is 303 g/mol. The van der Waals surface area contributed by atoms with Gasteiger partial charge in [-0.2, -0.15) is 13.2 Å². The number of hydrogen-bond acceptors (Lipinski definition) is 2. The molecule has 120 valence electrons. The molecule has 21 heavy (non-hydrogen) atoms. The van der Waals surface area contributed by atoms with Gasteiger partial charge in [0.05, 0.1) is 12.0 Å². The van der Waals surface area contributed by atoms with Crippen molar-refractivity contribution >= 4 is 0 Å². The van der Waals surface area contributed by atoms with Crippen LogP contribution in [0.1, 0.15) is 51.4 Å². The predicted molar refractivity (Wildman–Crippen MR) is 75.8 cm³/mol. The first-order chi connectivity index (χ1) is 9.99. The van der Waals surface area contributed by atoms with Crippen molar-refractivity contribution in [2.45, 2.75) is 58.3 Å². The van der Waals surface area contributed by atoms with Crippen molar-refractivity contribution < 1.29 is 13.2 Å². The molecule has 1 aromatic rings. The van der Waals surface area contributed by atoms with Crippen LogP contribution in [0, 0.1) is 11.8 Å². The van der Waals surface area contributed by atoms with E-state index < -0.39 is 18.0 Å². The quantitative estimate of drug-likeness (QED) is 0.893. The zero-order valence-electron chi connectivity index (χ0n) is 12.7. The van der Waals surface area contributed by atoms with Crippen LogP contribution in [0.3, 0.4) is 0 Å². The molecular weight excluding hydrogens is 279 g/mol. The summed E-state index contributed by atoms with van der Waals surface area (Å²) in [5, 5.41) is 3.25. The van der Waals surface area contributed by atoms with E-state index in [1.165, 1.54) is 0 Å². The van der Waals surface area contributed by atoms with Crippen LogP contribution < -0.4 is 5.32 Å². The maximum absolute atomic E-state index is 13.4. The van der Waals surface area contributed by atoms with Gasteiger partial charge in [0.25, 0.3) is 0 Å². The highest BCUT2D eigenvalue weighted by atomic mass is 19.4. The summed E-state index contributed by atoms with van der Waals surface area (Å²) in [7, 11) is 0. The minimum atomic E-state index is -4.12. The molecule has 3 atom stereocenters. The maximum Gasteiger partial charge on any atom is 0.392 e. The number of aromatic nitrogens is 2. The Labute approximate surface area is 123 Å². The van der Waals surface area contributed by atoms with Crippen LogP contribution >= 0.6 is 0 Å². The molecule has 1 saturated carbocycles. The summed E-state index contributed by atoms with van der Waals surface area (Å²) in [5.41, 5.74) is 0. The summed E-state index contributed by atoms with van der Waals surface area (Å²) in [6.45, 7) is 5.27. The largest absolute Gasteiger partial charge is 0.392 e. The molecule has 1 aliphatic rings. The number of nitrogens with zero attached hydrogens (tertiary/aromatic N) is 2. The summed E-state index contributed by atoms with van der Waals surface area (Å²) in [6, 6.07) is -0.322. The Morgan fingerprint density at radius 2 is 2.05 bits per heavy atom. The number of imidazole rings is 1. The fourth-order valence-electron chi connectivity index (χ4n) is 3.49. The van der Waals surface area contributed by atoms with E-state index in [2.05, 4.69) is 10.3 Å². The van der Waals surface area contributed by atoms with Gasteiger partial charge in [0, 0.05) is 18.9 Å². The molecule has 0 saturated heterocycles. The lowest BCUT2D eigenvalue weighted by molar-refractivity contribution is -0.199. The molecule has 1 N–H and O–H groups in total. The molecule has 1 aliphatic carbocycles. The van der Waals surface area contributed by atoms with Crippen molar-refractivity contribution in [2.75, 3.05) is 6.54 Å². The van der Waals surface area contributed by atoms with Gasteiger partial charge in [0.15, 0.2) is 0 Å². The molecule has 3 nitrogen and oxygen atoms in total. The molecule has 0 radical (unpaired) electrons. The Bertz CT molecular complexity index is 442. The first kappa shape index (κ1) is 16.3. The Hall–Kier alpha value is -1.04. The second kappa shape index (κ2) is 6.81. The summed E-state index contributed by atoms with van der Waals surface area (Å²) in [4.78, 5) is 4.33. The molecule has 1 fully saturated rings. The fraction of sp³-hybridized carbons (Fsp3) is 0.800. The second-order valence-corrected chi connectivity index (χ2v) is 5.70. The van der Waals surface area contributed by atoms with Gasteiger partial charge in [0.1, 0.15) is 5.82 Å². The molecule has 6 heteroatoms. The third-order valence-corrected chi connectivity index (χ3v) is 4.46. The molecule has 0 bridgehead atoms. The van der Waals surface area contributed by atoms with E-state index >= 15 is 0 Å². The monoisotopic (exact) mass is 303 g/mol. The molecule has 1 aromatic heterocycles. The van der Waals surface area contributed by atoms with E-state index in [1.807, 2.05) is 24.6 Å². The maximum atomic E-state index is 13.4. The summed E-state index contributed by atoms with van der Waals surface area (Å²) < 4.78 is 42.0. The number of halogens is 3. The van der Waals surface area contributed by atoms with Crippen LogP contribution in [0.5, 0.6) is 0 Å². The molecule has 2 rings (SSSR count). The highest BCUT2D eigenvalue weighted by Gasteiger charge is 2.48. The first-order valence-corrected chi connectivity index (χ1v) is 7.80. The highest BCUT2D eigenvalue weighted by Crippen LogP contribution is 2.46. The van der Waals surface area contributed by atoms with Gasteiger partial charge in [0.2, 0.25) is 0 Å². The standard InChI is InChI=1S/C15H24F3N3/c1-3-19-13(14-20-9-10-21(14)4-2)11-7-5-6-8-12(11)15(16,17)18/h9-13,19H,3-8H2,1-2H3. The third-order valence-electron chi connectivity index (χ3n) is 4.46. The lowest BCUT2D eigenvalue weighted by Gasteiger charge is -2.38. The lowest BCUT2D eigenvalue weighted by Crippen LogP contribution is -2.41. The SMILES string of the molecule is CCNC(c1nccn1CC)C1CCCCC1C(F)(F)F. The van der Waals surface area contributed by atoms with Crippen LogP contribution in [0.4, 0.5) is 13.2 Å². The molecule has 0 aliphatic heterocycles. The minimum absolute atomic E-state index is 0.239. The lowest BCUT2D eigenvalue weighted by atomic mass is 9.74. The predicted octanol–water partition coefficient (Wildman–Crippen LogP) is 3.92. The first-order valence-electron chi connectivity index (χ1n) is 7.80. The third kappa shape index (κ3) is 3.59. The smallest absolute Gasteiger partial charge is 0.334 e. The topological polar surface area (TPSA) is 29.9 Å². The average Bonchev–Trinajstić information content (AvgIpc) is 2.92. The Balaban J connectivity index is 2.31. The summed E-state index contributed by atoms with van der Waals surface area (Å²) in [6.07, 6.45) is 1.77. The number of nitrogens with one attached hydrogen (secondary N) is 1. The van der Waals surface area contributed by atoms with E-state index in [-0.39, 0.29) is 12.5 Å². The van der Waals surface area contributed by atoms with Crippen molar-refractivity contribution in [2.24, 2.45) is 11.8 Å². The Morgan fingerprint density at radius 3 is 2.67 bits per heavy atom. The van der Waals surface area contributed by atoms with Crippen molar-refractivity contribution in [3.05, 3.63) is 18.2 Å². The van der Waals surface area contributed by atoms with Crippen LogP contribution in [-0.2, 0) is 6.54 Å². The van der Waals surface area contributed by atoms with Gasteiger partial charge < -0.3 is 9.88 Å². The van der Waals surface area contributed by atoms with Crippen LogP contribution in [0.25, 0.3) is 0 Å². The molecule has 0 aromatic carbocycles. The van der Waals surface area contributed by atoms with E-state index in [9.17, 15) is 13.2 Å². The normalized spacial score (nSPS) is 25.0. The molecule has 1 heterocycles. The van der Waals surface area contributed by atoms with Crippen molar-refractivity contribution in [1.29, 1.82) is 0 Å². The van der Waals surface area contributed by atoms with Crippen molar-refractivity contribution in [3.63, 3.8) is 0 Å². The van der Waals surface area contributed by atoms with Crippen LogP contribution in [0.2, 0.25) is 0 Å². The van der Waals surface area contributed by atoms with Crippen LogP contribution in [0.15, 0.2) is 12.4 Å². The second-order valence-electron chi connectivity index (χ2n) is 5.70. The van der Waals surface area contributed by atoms with E-state index in [1.54, 1.807) is 6.20 Å². The van der Waals surface area contributed by atoms with Crippen LogP contribution in [-0.4, -0.2) is 22.3 Å². The zero-order chi connectivity index (χ0) is 15.5. The summed E-state index contributed by atoms with van der Waals surface area (Å²) in [5.74, 6) is -0.913. The fourth-order valence-corrected chi connectivity index (χ4v) is 3.49. The zero-order valence-corrected chi connectivity index (χ0v) is 12.7. The van der Waals surface area contributed by atoms with Crippen molar-refractivity contribution in [1.82, 2.24) is 14.9 Å². The van der Waals surface area contributed by atoms with E-state index in [4.69, 9.17) is 0 Å². The Morgan fingerprint density at radius 1 is 1.33 bits per heavy atom. The molecule has 0 amide bonds. The molecule has 3 unspecified atom stereocenters. The number of rotatable bonds is 5. The van der Waals surface area contributed by atoms with Gasteiger partial charge in [-0.05, 0) is 32.2 Å². The summed E-state index contributed by atoms with van der Waals surface area (Å²) >= 11 is 0. The highest BCUT2D eigenvalue weighted by molar-refractivity contribution is 5.04. The number of aryl methyl sites for hydroxylation is 1. The van der Waals surface area contributed by atoms with Gasteiger partial charge in [-0.15, -0.1) is 0 Å².